The fourth-order valence-electron chi connectivity index (χ4n) is 1.44. The van der Waals surface area contributed by atoms with Crippen molar-refractivity contribution in [3.05, 3.63) is 0 Å². The molecule has 0 aromatic heterocycles. The summed E-state index contributed by atoms with van der Waals surface area (Å²) in [5.41, 5.74) is 0. The average Bonchev–Trinajstić information content (AvgIpc) is 2.22. The molecule has 3 nitrogen and oxygen atoms in total. The molecule has 98 valence electrons. The molecular weight excluding hydrogens is 222 g/mol. The highest BCUT2D eigenvalue weighted by molar-refractivity contribution is 7.92. The average molecular weight is 249 g/mol. The second-order valence-electron chi connectivity index (χ2n) is 4.77. The van der Waals surface area contributed by atoms with Gasteiger partial charge in [0.2, 0.25) is 0 Å². The largest absolute Gasteiger partial charge is 0.316 e. The zero-order valence-corrected chi connectivity index (χ0v) is 11.9. The minimum Gasteiger partial charge on any atom is -0.316 e. The SMILES string of the molecule is CCCCCNCCS(=O)(=O)C(C)C(C)C. The summed E-state index contributed by atoms with van der Waals surface area (Å²) < 4.78 is 23.6. The summed E-state index contributed by atoms with van der Waals surface area (Å²) in [7, 11) is -2.91. The summed E-state index contributed by atoms with van der Waals surface area (Å²) in [5, 5.41) is 2.96. The van der Waals surface area contributed by atoms with Crippen molar-refractivity contribution in [2.75, 3.05) is 18.8 Å². The first kappa shape index (κ1) is 15.9. The number of rotatable bonds is 9. The van der Waals surface area contributed by atoms with E-state index in [9.17, 15) is 8.42 Å². The number of nitrogens with one attached hydrogen (secondary N) is 1. The van der Waals surface area contributed by atoms with Crippen molar-refractivity contribution in [3.63, 3.8) is 0 Å². The van der Waals surface area contributed by atoms with Crippen molar-refractivity contribution in [2.45, 2.75) is 52.2 Å². The monoisotopic (exact) mass is 249 g/mol. The van der Waals surface area contributed by atoms with Gasteiger partial charge in [-0.15, -0.1) is 0 Å². The Hall–Kier alpha value is -0.0900. The van der Waals surface area contributed by atoms with Gasteiger partial charge in [0.1, 0.15) is 0 Å². The summed E-state index contributed by atoms with van der Waals surface area (Å²) in [6.45, 7) is 9.39. The van der Waals surface area contributed by atoms with Crippen LogP contribution in [0.25, 0.3) is 0 Å². The molecule has 0 amide bonds. The Balaban J connectivity index is 3.75. The minimum atomic E-state index is -2.91. The Kier molecular flexibility index (Phi) is 8.02. The van der Waals surface area contributed by atoms with Crippen LogP contribution in [-0.4, -0.2) is 32.5 Å². The van der Waals surface area contributed by atoms with Crippen LogP contribution in [0.5, 0.6) is 0 Å². The van der Waals surface area contributed by atoms with Crippen molar-refractivity contribution in [1.29, 1.82) is 0 Å². The van der Waals surface area contributed by atoms with Gasteiger partial charge in [-0.1, -0.05) is 33.6 Å². The molecule has 0 rings (SSSR count). The van der Waals surface area contributed by atoms with Crippen molar-refractivity contribution < 1.29 is 8.42 Å². The van der Waals surface area contributed by atoms with Crippen LogP contribution >= 0.6 is 0 Å². The zero-order chi connectivity index (χ0) is 12.6. The van der Waals surface area contributed by atoms with Gasteiger partial charge in [0.15, 0.2) is 9.84 Å². The van der Waals surface area contributed by atoms with Crippen LogP contribution in [0.2, 0.25) is 0 Å². The molecule has 0 spiro atoms. The standard InChI is InChI=1S/C12H27NO2S/c1-5-6-7-8-13-9-10-16(14,15)12(4)11(2)3/h11-13H,5-10H2,1-4H3. The van der Waals surface area contributed by atoms with E-state index < -0.39 is 9.84 Å². The van der Waals surface area contributed by atoms with Crippen LogP contribution in [0, 0.1) is 5.92 Å². The Labute approximate surface area is 101 Å². The molecule has 1 atom stereocenters. The number of sulfone groups is 1. The lowest BCUT2D eigenvalue weighted by atomic mass is 10.2. The molecule has 0 aliphatic heterocycles. The molecule has 0 heterocycles. The first-order chi connectivity index (χ1) is 7.41. The number of unbranched alkanes of at least 4 members (excludes halogenated alkanes) is 2. The fraction of sp³-hybridized carbons (Fsp3) is 1.00. The Bertz CT molecular complexity index is 260. The Morgan fingerprint density at radius 2 is 1.69 bits per heavy atom. The van der Waals surface area contributed by atoms with E-state index in [1.807, 2.05) is 13.8 Å². The van der Waals surface area contributed by atoms with Crippen LogP contribution < -0.4 is 5.32 Å². The van der Waals surface area contributed by atoms with E-state index in [0.717, 1.165) is 13.0 Å². The van der Waals surface area contributed by atoms with Crippen molar-refractivity contribution >= 4 is 9.84 Å². The highest BCUT2D eigenvalue weighted by Crippen LogP contribution is 2.11. The van der Waals surface area contributed by atoms with Gasteiger partial charge in [-0.2, -0.15) is 0 Å². The molecule has 0 saturated carbocycles. The first-order valence-corrected chi connectivity index (χ1v) is 8.05. The Morgan fingerprint density at radius 1 is 1.06 bits per heavy atom. The fourth-order valence-corrected chi connectivity index (χ4v) is 3.07. The maximum atomic E-state index is 11.8. The van der Waals surface area contributed by atoms with Gasteiger partial charge in [0, 0.05) is 6.54 Å². The van der Waals surface area contributed by atoms with Gasteiger partial charge in [-0.3, -0.25) is 0 Å². The lowest BCUT2D eigenvalue weighted by molar-refractivity contribution is 0.541. The molecule has 4 heteroatoms. The highest BCUT2D eigenvalue weighted by atomic mass is 32.2. The van der Waals surface area contributed by atoms with Crippen molar-refractivity contribution in [1.82, 2.24) is 5.32 Å². The van der Waals surface area contributed by atoms with Crippen molar-refractivity contribution in [3.8, 4) is 0 Å². The van der Waals surface area contributed by atoms with Crippen LogP contribution in [-0.2, 0) is 9.84 Å². The summed E-state index contributed by atoms with van der Waals surface area (Å²) in [4.78, 5) is 0. The zero-order valence-electron chi connectivity index (χ0n) is 11.1. The minimum absolute atomic E-state index is 0.199. The summed E-state index contributed by atoms with van der Waals surface area (Å²) in [5.74, 6) is 0.462. The van der Waals surface area contributed by atoms with Gasteiger partial charge in [0.25, 0.3) is 0 Å². The van der Waals surface area contributed by atoms with Gasteiger partial charge in [-0.05, 0) is 25.8 Å². The molecular formula is C12H27NO2S. The quantitative estimate of drug-likeness (QED) is 0.637. The van der Waals surface area contributed by atoms with E-state index in [1.165, 1.54) is 12.8 Å². The maximum absolute atomic E-state index is 11.8. The van der Waals surface area contributed by atoms with E-state index in [0.29, 0.717) is 6.54 Å². The molecule has 0 bridgehead atoms. The molecule has 0 radical (unpaired) electrons. The second-order valence-corrected chi connectivity index (χ2v) is 7.25. The van der Waals surface area contributed by atoms with E-state index >= 15 is 0 Å². The molecule has 0 fully saturated rings. The summed E-state index contributed by atoms with van der Waals surface area (Å²) in [6, 6.07) is 0. The van der Waals surface area contributed by atoms with Crippen LogP contribution in [0.3, 0.4) is 0 Å². The van der Waals surface area contributed by atoms with Crippen molar-refractivity contribution in [2.24, 2.45) is 5.92 Å². The van der Waals surface area contributed by atoms with Crippen LogP contribution in [0.4, 0.5) is 0 Å². The van der Waals surface area contributed by atoms with E-state index in [-0.39, 0.29) is 16.9 Å². The molecule has 1 unspecified atom stereocenters. The molecule has 0 aliphatic carbocycles. The molecule has 0 saturated heterocycles. The lowest BCUT2D eigenvalue weighted by Gasteiger charge is -2.16. The Morgan fingerprint density at radius 3 is 2.19 bits per heavy atom. The summed E-state index contributed by atoms with van der Waals surface area (Å²) in [6.07, 6.45) is 3.54. The van der Waals surface area contributed by atoms with E-state index in [4.69, 9.17) is 0 Å². The molecule has 0 aliphatic rings. The molecule has 16 heavy (non-hydrogen) atoms. The van der Waals surface area contributed by atoms with Crippen LogP contribution in [0.1, 0.15) is 47.0 Å². The topological polar surface area (TPSA) is 46.2 Å². The predicted octanol–water partition coefficient (Wildman–Crippen LogP) is 2.23. The molecule has 1 N–H and O–H groups in total. The molecule has 0 aromatic carbocycles. The van der Waals surface area contributed by atoms with Gasteiger partial charge < -0.3 is 5.32 Å². The van der Waals surface area contributed by atoms with E-state index in [1.54, 1.807) is 6.92 Å². The maximum Gasteiger partial charge on any atom is 0.154 e. The van der Waals surface area contributed by atoms with Gasteiger partial charge in [-0.25, -0.2) is 8.42 Å². The third-order valence-electron chi connectivity index (χ3n) is 3.03. The lowest BCUT2D eigenvalue weighted by Crippen LogP contribution is -2.31. The summed E-state index contributed by atoms with van der Waals surface area (Å²) >= 11 is 0. The molecule has 0 aromatic rings. The van der Waals surface area contributed by atoms with Gasteiger partial charge in [0.05, 0.1) is 11.0 Å². The van der Waals surface area contributed by atoms with Crippen LogP contribution in [0.15, 0.2) is 0 Å². The third-order valence-corrected chi connectivity index (χ3v) is 5.48. The second kappa shape index (κ2) is 8.07. The highest BCUT2D eigenvalue weighted by Gasteiger charge is 2.22. The predicted molar refractivity (Wildman–Crippen MR) is 70.5 cm³/mol. The first-order valence-electron chi connectivity index (χ1n) is 6.34. The van der Waals surface area contributed by atoms with E-state index in [2.05, 4.69) is 12.2 Å². The smallest absolute Gasteiger partial charge is 0.154 e. The van der Waals surface area contributed by atoms with Gasteiger partial charge >= 0.3 is 0 Å². The third kappa shape index (κ3) is 6.48. The normalized spacial score (nSPS) is 14.3. The number of hydrogen-bond donors (Lipinski definition) is 1. The number of hydrogen-bond acceptors (Lipinski definition) is 3.